The SMILES string of the molecule is CCCCCCCCc1[nH]c2ccccc2c1C. The maximum atomic E-state index is 3.57. The summed E-state index contributed by atoms with van der Waals surface area (Å²) in [5.41, 5.74) is 4.17. The van der Waals surface area contributed by atoms with E-state index in [1.54, 1.807) is 0 Å². The zero-order chi connectivity index (χ0) is 12.8. The van der Waals surface area contributed by atoms with Crippen molar-refractivity contribution in [3.63, 3.8) is 0 Å². The average molecular weight is 243 g/mol. The van der Waals surface area contributed by atoms with E-state index in [4.69, 9.17) is 0 Å². The first-order valence-corrected chi connectivity index (χ1v) is 7.39. The second-order valence-corrected chi connectivity index (χ2v) is 5.29. The number of aryl methyl sites for hydroxylation is 2. The van der Waals surface area contributed by atoms with Crippen molar-refractivity contribution in [3.05, 3.63) is 35.5 Å². The molecule has 1 aromatic heterocycles. The summed E-state index contributed by atoms with van der Waals surface area (Å²) < 4.78 is 0. The van der Waals surface area contributed by atoms with Gasteiger partial charge in [0.2, 0.25) is 0 Å². The molecule has 0 spiro atoms. The number of hydrogen-bond acceptors (Lipinski definition) is 0. The van der Waals surface area contributed by atoms with Gasteiger partial charge >= 0.3 is 0 Å². The van der Waals surface area contributed by atoms with Crippen LogP contribution < -0.4 is 0 Å². The van der Waals surface area contributed by atoms with E-state index >= 15 is 0 Å². The topological polar surface area (TPSA) is 15.8 Å². The third-order valence-electron chi connectivity index (χ3n) is 3.85. The average Bonchev–Trinajstić information content (AvgIpc) is 2.71. The van der Waals surface area contributed by atoms with Gasteiger partial charge in [0, 0.05) is 16.6 Å². The summed E-state index contributed by atoms with van der Waals surface area (Å²) in [6, 6.07) is 8.61. The van der Waals surface area contributed by atoms with E-state index in [1.807, 2.05) is 0 Å². The summed E-state index contributed by atoms with van der Waals surface area (Å²) in [5, 5.41) is 1.39. The molecule has 0 amide bonds. The number of aromatic nitrogens is 1. The summed E-state index contributed by atoms with van der Waals surface area (Å²) in [6.45, 7) is 4.51. The highest BCUT2D eigenvalue weighted by Crippen LogP contribution is 2.22. The molecule has 0 unspecified atom stereocenters. The molecule has 0 saturated carbocycles. The molecule has 18 heavy (non-hydrogen) atoms. The first kappa shape index (κ1) is 13.2. The molecule has 1 nitrogen and oxygen atoms in total. The molecule has 0 aliphatic carbocycles. The number of para-hydroxylation sites is 1. The second-order valence-electron chi connectivity index (χ2n) is 5.29. The molecule has 0 atom stereocenters. The van der Waals surface area contributed by atoms with Gasteiger partial charge in [0.25, 0.3) is 0 Å². The Balaban J connectivity index is 1.86. The fourth-order valence-electron chi connectivity index (χ4n) is 2.67. The minimum atomic E-state index is 1.20. The first-order valence-electron chi connectivity index (χ1n) is 7.39. The quantitative estimate of drug-likeness (QED) is 0.628. The molecule has 0 aliphatic heterocycles. The van der Waals surface area contributed by atoms with E-state index in [0.717, 1.165) is 0 Å². The molecule has 1 aromatic carbocycles. The fraction of sp³-hybridized carbons (Fsp3) is 0.529. The fourth-order valence-corrected chi connectivity index (χ4v) is 2.67. The van der Waals surface area contributed by atoms with Crippen molar-refractivity contribution in [1.29, 1.82) is 0 Å². The Kier molecular flexibility index (Phi) is 4.86. The molecule has 0 bridgehead atoms. The molecule has 0 aliphatic rings. The second kappa shape index (κ2) is 6.63. The van der Waals surface area contributed by atoms with Crippen molar-refractivity contribution >= 4 is 10.9 Å². The molecular formula is C17H25N. The van der Waals surface area contributed by atoms with Crippen LogP contribution in [0.25, 0.3) is 10.9 Å². The highest BCUT2D eigenvalue weighted by atomic mass is 14.7. The molecule has 2 aromatic rings. The van der Waals surface area contributed by atoms with Crippen LogP contribution in [0.4, 0.5) is 0 Å². The van der Waals surface area contributed by atoms with E-state index in [9.17, 15) is 0 Å². The number of hydrogen-bond donors (Lipinski definition) is 1. The molecule has 1 heteroatoms. The molecule has 0 fully saturated rings. The number of benzene rings is 1. The van der Waals surface area contributed by atoms with Crippen LogP contribution in [0.1, 0.15) is 56.7 Å². The molecule has 98 valence electrons. The van der Waals surface area contributed by atoms with E-state index < -0.39 is 0 Å². The normalized spacial score (nSPS) is 11.2. The maximum absolute atomic E-state index is 3.57. The maximum Gasteiger partial charge on any atom is 0.0458 e. The van der Waals surface area contributed by atoms with E-state index in [2.05, 4.69) is 43.1 Å². The lowest BCUT2D eigenvalue weighted by atomic mass is 10.1. The third kappa shape index (κ3) is 3.16. The van der Waals surface area contributed by atoms with Gasteiger partial charge in [-0.3, -0.25) is 0 Å². The highest BCUT2D eigenvalue weighted by Gasteiger charge is 2.05. The van der Waals surface area contributed by atoms with Crippen LogP contribution in [0.5, 0.6) is 0 Å². The van der Waals surface area contributed by atoms with Gasteiger partial charge in [-0.05, 0) is 31.4 Å². The Labute approximate surface area is 111 Å². The summed E-state index contributed by atoms with van der Waals surface area (Å²) in [6.07, 6.45) is 9.42. The number of H-pyrrole nitrogens is 1. The molecule has 0 radical (unpaired) electrons. The Morgan fingerprint density at radius 2 is 1.67 bits per heavy atom. The zero-order valence-electron chi connectivity index (χ0n) is 11.8. The number of rotatable bonds is 7. The summed E-state index contributed by atoms with van der Waals surface area (Å²) in [4.78, 5) is 3.57. The predicted octanol–water partition coefficient (Wildman–Crippen LogP) is 5.38. The van der Waals surface area contributed by atoms with Crippen LogP contribution in [-0.4, -0.2) is 4.98 Å². The number of aromatic amines is 1. The summed E-state index contributed by atoms with van der Waals surface area (Å²) in [7, 11) is 0. The minimum absolute atomic E-state index is 1.20. The van der Waals surface area contributed by atoms with Gasteiger partial charge in [-0.1, -0.05) is 57.2 Å². The lowest BCUT2D eigenvalue weighted by Gasteiger charge is -2.01. The van der Waals surface area contributed by atoms with Crippen LogP contribution in [0.15, 0.2) is 24.3 Å². The van der Waals surface area contributed by atoms with Crippen molar-refractivity contribution < 1.29 is 0 Å². The largest absolute Gasteiger partial charge is 0.358 e. The van der Waals surface area contributed by atoms with Gasteiger partial charge in [-0.15, -0.1) is 0 Å². The molecule has 1 heterocycles. The summed E-state index contributed by atoms with van der Waals surface area (Å²) in [5.74, 6) is 0. The van der Waals surface area contributed by atoms with Crippen LogP contribution in [0.3, 0.4) is 0 Å². The molecule has 1 N–H and O–H groups in total. The predicted molar refractivity (Wildman–Crippen MR) is 80.1 cm³/mol. The summed E-state index contributed by atoms with van der Waals surface area (Å²) >= 11 is 0. The van der Waals surface area contributed by atoms with Gasteiger partial charge in [-0.2, -0.15) is 0 Å². The smallest absolute Gasteiger partial charge is 0.0458 e. The van der Waals surface area contributed by atoms with Crippen molar-refractivity contribution in [3.8, 4) is 0 Å². The van der Waals surface area contributed by atoms with Gasteiger partial charge in [-0.25, -0.2) is 0 Å². The van der Waals surface area contributed by atoms with Gasteiger partial charge in [0.15, 0.2) is 0 Å². The lowest BCUT2D eigenvalue weighted by molar-refractivity contribution is 0.605. The Hall–Kier alpha value is -1.24. The Morgan fingerprint density at radius 3 is 2.44 bits per heavy atom. The molecular weight excluding hydrogens is 218 g/mol. The van der Waals surface area contributed by atoms with Crippen LogP contribution >= 0.6 is 0 Å². The number of fused-ring (bicyclic) bond motifs is 1. The lowest BCUT2D eigenvalue weighted by Crippen LogP contribution is -1.88. The Bertz CT molecular complexity index is 481. The van der Waals surface area contributed by atoms with Gasteiger partial charge in [0.1, 0.15) is 0 Å². The Morgan fingerprint density at radius 1 is 0.944 bits per heavy atom. The van der Waals surface area contributed by atoms with Crippen LogP contribution in [-0.2, 0) is 6.42 Å². The van der Waals surface area contributed by atoms with E-state index in [1.165, 1.54) is 67.1 Å². The zero-order valence-corrected chi connectivity index (χ0v) is 11.8. The van der Waals surface area contributed by atoms with E-state index in [0.29, 0.717) is 0 Å². The molecule has 0 saturated heterocycles. The van der Waals surface area contributed by atoms with Gasteiger partial charge in [0.05, 0.1) is 0 Å². The number of nitrogens with one attached hydrogen (secondary N) is 1. The third-order valence-corrected chi connectivity index (χ3v) is 3.85. The van der Waals surface area contributed by atoms with Crippen molar-refractivity contribution in [2.75, 3.05) is 0 Å². The monoisotopic (exact) mass is 243 g/mol. The van der Waals surface area contributed by atoms with Crippen molar-refractivity contribution in [1.82, 2.24) is 4.98 Å². The highest BCUT2D eigenvalue weighted by molar-refractivity contribution is 5.84. The van der Waals surface area contributed by atoms with Crippen LogP contribution in [0.2, 0.25) is 0 Å². The van der Waals surface area contributed by atoms with E-state index in [-0.39, 0.29) is 0 Å². The number of unbranched alkanes of at least 4 members (excludes halogenated alkanes) is 5. The first-order chi connectivity index (χ1) is 8.83. The standard InChI is InChI=1S/C17H25N/c1-3-4-5-6-7-8-12-16-14(2)15-11-9-10-13-17(15)18-16/h9-11,13,18H,3-8,12H2,1-2H3. The van der Waals surface area contributed by atoms with Crippen molar-refractivity contribution in [2.45, 2.75) is 58.8 Å². The van der Waals surface area contributed by atoms with Crippen molar-refractivity contribution in [2.24, 2.45) is 0 Å². The van der Waals surface area contributed by atoms with Gasteiger partial charge < -0.3 is 4.98 Å². The van der Waals surface area contributed by atoms with Crippen LogP contribution in [0, 0.1) is 6.92 Å². The minimum Gasteiger partial charge on any atom is -0.358 e. The molecule has 2 rings (SSSR count).